The molecule has 10 heteroatoms. The van der Waals surface area contributed by atoms with Gasteiger partial charge in [-0.05, 0) is 31.5 Å². The maximum Gasteiger partial charge on any atom is 0.341 e. The molecule has 0 saturated heterocycles. The van der Waals surface area contributed by atoms with Gasteiger partial charge < -0.3 is 19.4 Å². The lowest BCUT2D eigenvalue weighted by Crippen LogP contribution is -2.16. The molecule has 0 atom stereocenters. The minimum absolute atomic E-state index is 0.103. The standard InChI is InChI=1S/C26H26N4O4S2/c1-4-33-25(32)23-20(18-8-6-5-7-9-18)15-35-24(23)27-22(31)16-36-26-29-28-21(30(26)3)14-34-19-12-10-17(2)11-13-19/h5-13,15H,4,14,16H2,1-3H3,(H,27,31). The Hall–Kier alpha value is -3.63. The molecule has 0 aliphatic carbocycles. The van der Waals surface area contributed by atoms with Crippen molar-refractivity contribution in [2.24, 2.45) is 7.05 Å². The van der Waals surface area contributed by atoms with Gasteiger partial charge >= 0.3 is 5.97 Å². The van der Waals surface area contributed by atoms with Gasteiger partial charge in [-0.3, -0.25) is 4.79 Å². The van der Waals surface area contributed by atoms with Crippen LogP contribution in [0.15, 0.2) is 65.1 Å². The highest BCUT2D eigenvalue weighted by Crippen LogP contribution is 2.36. The number of anilines is 1. The average molecular weight is 523 g/mol. The molecule has 1 N–H and O–H groups in total. The summed E-state index contributed by atoms with van der Waals surface area (Å²) in [7, 11) is 1.83. The average Bonchev–Trinajstić information content (AvgIpc) is 3.46. The molecule has 0 bridgehead atoms. The summed E-state index contributed by atoms with van der Waals surface area (Å²) < 4.78 is 12.8. The van der Waals surface area contributed by atoms with E-state index < -0.39 is 5.97 Å². The summed E-state index contributed by atoms with van der Waals surface area (Å²) in [6.07, 6.45) is 0. The topological polar surface area (TPSA) is 95.3 Å². The van der Waals surface area contributed by atoms with Crippen LogP contribution in [0, 0.1) is 6.92 Å². The van der Waals surface area contributed by atoms with Crippen LogP contribution in [0.1, 0.15) is 28.7 Å². The molecule has 2 heterocycles. The smallest absolute Gasteiger partial charge is 0.341 e. The van der Waals surface area contributed by atoms with Crippen molar-refractivity contribution in [2.45, 2.75) is 25.6 Å². The summed E-state index contributed by atoms with van der Waals surface area (Å²) in [5, 5.41) is 14.1. The van der Waals surface area contributed by atoms with Crippen LogP contribution in [0.2, 0.25) is 0 Å². The van der Waals surface area contributed by atoms with Crippen molar-refractivity contribution in [1.29, 1.82) is 0 Å². The first kappa shape index (κ1) is 25.5. The number of carbonyl (C=O) groups is 2. The van der Waals surface area contributed by atoms with E-state index in [4.69, 9.17) is 9.47 Å². The number of esters is 1. The number of carbonyl (C=O) groups excluding carboxylic acids is 2. The fraction of sp³-hybridized carbons (Fsp3) is 0.231. The third-order valence-electron chi connectivity index (χ3n) is 5.25. The summed E-state index contributed by atoms with van der Waals surface area (Å²) >= 11 is 2.55. The van der Waals surface area contributed by atoms with Crippen molar-refractivity contribution >= 4 is 40.0 Å². The molecule has 36 heavy (non-hydrogen) atoms. The number of aromatic nitrogens is 3. The molecule has 186 valence electrons. The number of rotatable bonds is 10. The quantitative estimate of drug-likeness (QED) is 0.222. The second kappa shape index (κ2) is 11.9. The number of hydrogen-bond donors (Lipinski definition) is 1. The third-order valence-corrected chi connectivity index (χ3v) is 7.17. The summed E-state index contributed by atoms with van der Waals surface area (Å²) in [6.45, 7) is 4.28. The van der Waals surface area contributed by atoms with Gasteiger partial charge in [-0.1, -0.05) is 59.8 Å². The predicted octanol–water partition coefficient (Wildman–Crippen LogP) is 5.34. The number of thioether (sulfide) groups is 1. The second-order valence-electron chi connectivity index (χ2n) is 7.84. The Bertz CT molecular complexity index is 1330. The Balaban J connectivity index is 1.39. The van der Waals surface area contributed by atoms with Crippen molar-refractivity contribution in [3.8, 4) is 16.9 Å². The molecule has 0 aliphatic rings. The van der Waals surface area contributed by atoms with Gasteiger partial charge in [-0.25, -0.2) is 4.79 Å². The normalized spacial score (nSPS) is 10.8. The van der Waals surface area contributed by atoms with E-state index in [1.807, 2.05) is 73.9 Å². The molecule has 0 aliphatic heterocycles. The van der Waals surface area contributed by atoms with Crippen LogP contribution in [0.3, 0.4) is 0 Å². The molecular weight excluding hydrogens is 496 g/mol. The maximum atomic E-state index is 12.8. The van der Waals surface area contributed by atoms with Gasteiger partial charge in [-0.2, -0.15) is 0 Å². The van der Waals surface area contributed by atoms with E-state index >= 15 is 0 Å². The SMILES string of the molecule is CCOC(=O)c1c(-c2ccccc2)csc1NC(=O)CSc1nnc(COc2ccc(C)cc2)n1C. The van der Waals surface area contributed by atoms with E-state index in [0.717, 1.165) is 22.4 Å². The highest BCUT2D eigenvalue weighted by atomic mass is 32.2. The summed E-state index contributed by atoms with van der Waals surface area (Å²) in [5.41, 5.74) is 3.13. The fourth-order valence-corrected chi connectivity index (χ4v) is 5.06. The highest BCUT2D eigenvalue weighted by molar-refractivity contribution is 7.99. The summed E-state index contributed by atoms with van der Waals surface area (Å²) in [4.78, 5) is 25.5. The first-order valence-electron chi connectivity index (χ1n) is 11.3. The molecule has 0 fully saturated rings. The Morgan fingerprint density at radius 2 is 1.83 bits per heavy atom. The minimum Gasteiger partial charge on any atom is -0.486 e. The molecule has 0 unspecified atom stereocenters. The van der Waals surface area contributed by atoms with Crippen molar-refractivity contribution < 1.29 is 19.1 Å². The Morgan fingerprint density at radius 1 is 1.08 bits per heavy atom. The van der Waals surface area contributed by atoms with Crippen LogP contribution < -0.4 is 10.1 Å². The lowest BCUT2D eigenvalue weighted by molar-refractivity contribution is -0.113. The second-order valence-corrected chi connectivity index (χ2v) is 9.66. The zero-order valence-electron chi connectivity index (χ0n) is 20.2. The number of amides is 1. The molecule has 2 aromatic heterocycles. The first-order chi connectivity index (χ1) is 17.5. The zero-order chi connectivity index (χ0) is 25.5. The van der Waals surface area contributed by atoms with E-state index in [0.29, 0.717) is 21.5 Å². The van der Waals surface area contributed by atoms with E-state index in [1.54, 1.807) is 11.5 Å². The predicted molar refractivity (Wildman–Crippen MR) is 142 cm³/mol. The monoisotopic (exact) mass is 522 g/mol. The highest BCUT2D eigenvalue weighted by Gasteiger charge is 2.23. The molecule has 2 aromatic carbocycles. The lowest BCUT2D eigenvalue weighted by atomic mass is 10.0. The Kier molecular flexibility index (Phi) is 8.40. The largest absolute Gasteiger partial charge is 0.486 e. The minimum atomic E-state index is -0.466. The molecule has 0 spiro atoms. The van der Waals surface area contributed by atoms with Gasteiger partial charge in [0.15, 0.2) is 11.0 Å². The van der Waals surface area contributed by atoms with Crippen LogP contribution in [0.4, 0.5) is 5.00 Å². The number of ether oxygens (including phenoxy) is 2. The molecule has 8 nitrogen and oxygen atoms in total. The Labute approximate surface area is 217 Å². The van der Waals surface area contributed by atoms with Crippen LogP contribution in [-0.2, 0) is 23.2 Å². The number of nitrogens with one attached hydrogen (secondary N) is 1. The van der Waals surface area contributed by atoms with Crippen LogP contribution in [-0.4, -0.2) is 39.0 Å². The summed E-state index contributed by atoms with van der Waals surface area (Å²) in [6, 6.07) is 17.3. The van der Waals surface area contributed by atoms with E-state index in [2.05, 4.69) is 15.5 Å². The molecular formula is C26H26N4O4S2. The van der Waals surface area contributed by atoms with Crippen LogP contribution >= 0.6 is 23.1 Å². The molecule has 1 amide bonds. The number of benzene rings is 2. The van der Waals surface area contributed by atoms with E-state index in [1.165, 1.54) is 23.1 Å². The van der Waals surface area contributed by atoms with Crippen LogP contribution in [0.25, 0.3) is 11.1 Å². The van der Waals surface area contributed by atoms with Gasteiger partial charge in [0.1, 0.15) is 22.9 Å². The third kappa shape index (κ3) is 6.13. The van der Waals surface area contributed by atoms with Crippen LogP contribution in [0.5, 0.6) is 5.75 Å². The van der Waals surface area contributed by atoms with Crippen molar-refractivity contribution in [1.82, 2.24) is 14.8 Å². The van der Waals surface area contributed by atoms with Gasteiger partial charge in [0.05, 0.1) is 12.4 Å². The fourth-order valence-electron chi connectivity index (χ4n) is 3.36. The Morgan fingerprint density at radius 3 is 2.56 bits per heavy atom. The first-order valence-corrected chi connectivity index (χ1v) is 13.2. The number of thiophene rings is 1. The summed E-state index contributed by atoms with van der Waals surface area (Å²) in [5.74, 6) is 0.778. The lowest BCUT2D eigenvalue weighted by Gasteiger charge is -2.09. The number of hydrogen-bond acceptors (Lipinski definition) is 8. The maximum absolute atomic E-state index is 12.8. The molecule has 0 saturated carbocycles. The van der Waals surface area contributed by atoms with Gasteiger partial charge in [-0.15, -0.1) is 21.5 Å². The number of aryl methyl sites for hydroxylation is 1. The van der Waals surface area contributed by atoms with Gasteiger partial charge in [0, 0.05) is 18.0 Å². The van der Waals surface area contributed by atoms with Crippen molar-refractivity contribution in [3.63, 3.8) is 0 Å². The van der Waals surface area contributed by atoms with E-state index in [9.17, 15) is 9.59 Å². The van der Waals surface area contributed by atoms with E-state index in [-0.39, 0.29) is 24.9 Å². The molecule has 4 aromatic rings. The number of nitrogens with zero attached hydrogens (tertiary/aromatic N) is 3. The zero-order valence-corrected chi connectivity index (χ0v) is 21.8. The molecule has 0 radical (unpaired) electrons. The van der Waals surface area contributed by atoms with Gasteiger partial charge in [0.2, 0.25) is 5.91 Å². The molecule has 4 rings (SSSR count). The van der Waals surface area contributed by atoms with Crippen molar-refractivity contribution in [2.75, 3.05) is 17.7 Å². The van der Waals surface area contributed by atoms with Crippen molar-refractivity contribution in [3.05, 3.63) is 76.9 Å². The van der Waals surface area contributed by atoms with Gasteiger partial charge in [0.25, 0.3) is 0 Å².